The number of thiol groups is 1. The number of piperidine rings is 2. The number of likely N-dealkylation sites (tertiary alicyclic amines) is 3. The number of hydrogen-bond acceptors (Lipinski definition) is 4. The molecule has 0 aromatic heterocycles. The standard InChI is InChI=1S/C22H41N3S/c1-18(2)14-21(6-7-21)15-23-10-4-20(5-11-23)24-12-8-22(9-13-24)16-25(17-22)19(3)26/h18-20,26H,4-17H2,1-3H3. The van der Waals surface area contributed by atoms with Gasteiger partial charge in [0.05, 0.1) is 0 Å². The third-order valence-electron chi connectivity index (χ3n) is 7.90. The normalized spacial score (nSPS) is 31.3. The highest BCUT2D eigenvalue weighted by atomic mass is 32.1. The minimum atomic E-state index is 0.438. The molecule has 4 rings (SSSR count). The molecule has 4 heteroatoms. The molecule has 3 nitrogen and oxygen atoms in total. The predicted molar refractivity (Wildman–Crippen MR) is 114 cm³/mol. The summed E-state index contributed by atoms with van der Waals surface area (Å²) < 4.78 is 0. The van der Waals surface area contributed by atoms with Crippen molar-refractivity contribution in [3.63, 3.8) is 0 Å². The molecule has 1 spiro atoms. The molecule has 4 aliphatic rings. The van der Waals surface area contributed by atoms with Crippen LogP contribution in [0.15, 0.2) is 0 Å². The fraction of sp³-hybridized carbons (Fsp3) is 1.00. The molecule has 1 unspecified atom stereocenters. The molecule has 3 heterocycles. The lowest BCUT2D eigenvalue weighted by Crippen LogP contribution is -2.62. The fourth-order valence-corrected chi connectivity index (χ4v) is 6.31. The molecule has 0 aromatic carbocycles. The molecule has 1 atom stereocenters. The van der Waals surface area contributed by atoms with Crippen LogP contribution in [0.2, 0.25) is 0 Å². The van der Waals surface area contributed by atoms with Gasteiger partial charge in [0, 0.05) is 31.0 Å². The van der Waals surface area contributed by atoms with Gasteiger partial charge in [0.1, 0.15) is 0 Å². The van der Waals surface area contributed by atoms with Crippen LogP contribution in [-0.4, -0.2) is 71.9 Å². The van der Waals surface area contributed by atoms with E-state index in [0.29, 0.717) is 16.2 Å². The minimum absolute atomic E-state index is 0.438. The number of nitrogens with zero attached hydrogens (tertiary/aromatic N) is 3. The van der Waals surface area contributed by atoms with Crippen LogP contribution < -0.4 is 0 Å². The summed E-state index contributed by atoms with van der Waals surface area (Å²) in [5, 5.41) is 0.438. The van der Waals surface area contributed by atoms with Gasteiger partial charge in [0.25, 0.3) is 0 Å². The molecule has 1 aliphatic carbocycles. The highest BCUT2D eigenvalue weighted by molar-refractivity contribution is 7.80. The van der Waals surface area contributed by atoms with Crippen molar-refractivity contribution >= 4 is 12.6 Å². The van der Waals surface area contributed by atoms with Crippen LogP contribution in [0.25, 0.3) is 0 Å². The Morgan fingerprint density at radius 2 is 1.54 bits per heavy atom. The smallest absolute Gasteiger partial charge is 0.0499 e. The highest BCUT2D eigenvalue weighted by Gasteiger charge is 2.47. The second-order valence-corrected chi connectivity index (χ2v) is 11.4. The van der Waals surface area contributed by atoms with Crippen molar-refractivity contribution in [1.29, 1.82) is 0 Å². The molecule has 150 valence electrons. The van der Waals surface area contributed by atoms with Crippen molar-refractivity contribution in [3.8, 4) is 0 Å². The SMILES string of the molecule is CC(C)CC1(CN2CCC(N3CCC4(CC3)CN(C(C)S)C4)CC2)CC1. The van der Waals surface area contributed by atoms with E-state index < -0.39 is 0 Å². The predicted octanol–water partition coefficient (Wildman–Crippen LogP) is 3.95. The van der Waals surface area contributed by atoms with Gasteiger partial charge in [-0.1, -0.05) is 13.8 Å². The van der Waals surface area contributed by atoms with Gasteiger partial charge in [-0.25, -0.2) is 0 Å². The largest absolute Gasteiger partial charge is 0.303 e. The van der Waals surface area contributed by atoms with E-state index in [-0.39, 0.29) is 0 Å². The zero-order chi connectivity index (χ0) is 18.4. The van der Waals surface area contributed by atoms with Gasteiger partial charge in [-0.15, -0.1) is 0 Å². The van der Waals surface area contributed by atoms with Crippen molar-refractivity contribution in [2.45, 2.75) is 77.1 Å². The van der Waals surface area contributed by atoms with E-state index in [4.69, 9.17) is 0 Å². The monoisotopic (exact) mass is 379 g/mol. The average molecular weight is 380 g/mol. The van der Waals surface area contributed by atoms with E-state index in [0.717, 1.165) is 12.0 Å². The van der Waals surface area contributed by atoms with Crippen molar-refractivity contribution in [2.24, 2.45) is 16.7 Å². The van der Waals surface area contributed by atoms with Crippen molar-refractivity contribution < 1.29 is 0 Å². The first-order chi connectivity index (χ1) is 12.4. The summed E-state index contributed by atoms with van der Waals surface area (Å²) in [4.78, 5) is 8.17. The summed E-state index contributed by atoms with van der Waals surface area (Å²) in [5.74, 6) is 0.865. The average Bonchev–Trinajstić information content (AvgIpc) is 3.31. The van der Waals surface area contributed by atoms with Gasteiger partial charge in [-0.2, -0.15) is 12.6 Å². The third-order valence-corrected chi connectivity index (χ3v) is 8.22. The lowest BCUT2D eigenvalue weighted by Gasteiger charge is -2.56. The lowest BCUT2D eigenvalue weighted by molar-refractivity contribution is -0.0610. The molecule has 3 aliphatic heterocycles. The number of hydrogen-bond donors (Lipinski definition) is 1. The van der Waals surface area contributed by atoms with Crippen LogP contribution >= 0.6 is 12.6 Å². The van der Waals surface area contributed by atoms with E-state index in [1.54, 1.807) is 0 Å². The molecular weight excluding hydrogens is 338 g/mol. The van der Waals surface area contributed by atoms with Crippen LogP contribution in [0, 0.1) is 16.7 Å². The third kappa shape index (κ3) is 4.29. The van der Waals surface area contributed by atoms with E-state index in [1.807, 2.05) is 0 Å². The van der Waals surface area contributed by atoms with Gasteiger partial charge in [-0.3, -0.25) is 4.90 Å². The van der Waals surface area contributed by atoms with Crippen molar-refractivity contribution in [1.82, 2.24) is 14.7 Å². The maximum atomic E-state index is 4.60. The molecule has 3 saturated heterocycles. The van der Waals surface area contributed by atoms with Crippen LogP contribution in [0.1, 0.15) is 65.7 Å². The maximum absolute atomic E-state index is 4.60. The van der Waals surface area contributed by atoms with Gasteiger partial charge in [0.15, 0.2) is 0 Å². The Hall–Kier alpha value is 0.230. The Labute approximate surface area is 167 Å². The van der Waals surface area contributed by atoms with E-state index >= 15 is 0 Å². The van der Waals surface area contributed by atoms with Crippen molar-refractivity contribution in [3.05, 3.63) is 0 Å². The Morgan fingerprint density at radius 3 is 2.04 bits per heavy atom. The topological polar surface area (TPSA) is 9.72 Å². The second-order valence-electron chi connectivity index (χ2n) is 10.7. The first kappa shape index (κ1) is 19.5. The Bertz CT molecular complexity index is 464. The molecule has 0 amide bonds. The molecule has 1 saturated carbocycles. The molecule has 0 N–H and O–H groups in total. The summed E-state index contributed by atoms with van der Waals surface area (Å²) in [6.07, 6.45) is 10.1. The Balaban J connectivity index is 1.18. The van der Waals surface area contributed by atoms with Gasteiger partial charge in [0.2, 0.25) is 0 Å². The molecule has 0 radical (unpaired) electrons. The second kappa shape index (κ2) is 7.57. The first-order valence-corrected chi connectivity index (χ1v) is 11.8. The summed E-state index contributed by atoms with van der Waals surface area (Å²) >= 11 is 4.60. The van der Waals surface area contributed by atoms with Crippen LogP contribution in [0.3, 0.4) is 0 Å². The Kier molecular flexibility index (Phi) is 5.69. The van der Waals surface area contributed by atoms with Crippen LogP contribution in [0.4, 0.5) is 0 Å². The zero-order valence-corrected chi connectivity index (χ0v) is 18.3. The molecule has 0 aromatic rings. The lowest BCUT2D eigenvalue weighted by atomic mass is 9.71. The summed E-state index contributed by atoms with van der Waals surface area (Å²) in [5.41, 5.74) is 1.35. The van der Waals surface area contributed by atoms with Crippen LogP contribution in [-0.2, 0) is 0 Å². The summed E-state index contributed by atoms with van der Waals surface area (Å²) in [7, 11) is 0. The maximum Gasteiger partial charge on any atom is 0.0499 e. The summed E-state index contributed by atoms with van der Waals surface area (Å²) in [6.45, 7) is 16.4. The van der Waals surface area contributed by atoms with Crippen molar-refractivity contribution in [2.75, 3.05) is 45.8 Å². The molecular formula is C22H41N3S. The highest BCUT2D eigenvalue weighted by Crippen LogP contribution is 2.51. The molecule has 26 heavy (non-hydrogen) atoms. The molecule has 0 bridgehead atoms. The molecule has 4 fully saturated rings. The van der Waals surface area contributed by atoms with E-state index in [9.17, 15) is 0 Å². The Morgan fingerprint density at radius 1 is 0.923 bits per heavy atom. The van der Waals surface area contributed by atoms with Gasteiger partial charge < -0.3 is 9.80 Å². The summed E-state index contributed by atoms with van der Waals surface area (Å²) in [6, 6.07) is 0.865. The first-order valence-electron chi connectivity index (χ1n) is 11.3. The van der Waals surface area contributed by atoms with Gasteiger partial charge in [-0.05, 0) is 94.8 Å². The van der Waals surface area contributed by atoms with E-state index in [2.05, 4.69) is 48.1 Å². The quantitative estimate of drug-likeness (QED) is 0.701. The number of rotatable bonds is 6. The fourth-order valence-electron chi connectivity index (χ4n) is 6.15. The van der Waals surface area contributed by atoms with Crippen LogP contribution in [0.5, 0.6) is 0 Å². The van der Waals surface area contributed by atoms with E-state index in [1.165, 1.54) is 90.8 Å². The zero-order valence-electron chi connectivity index (χ0n) is 17.4. The minimum Gasteiger partial charge on any atom is -0.303 e. The van der Waals surface area contributed by atoms with Gasteiger partial charge >= 0.3 is 0 Å².